The van der Waals surface area contributed by atoms with Crippen LogP contribution in [0, 0.1) is 20.8 Å². The lowest BCUT2D eigenvalue weighted by Gasteiger charge is -2.38. The van der Waals surface area contributed by atoms with Crippen molar-refractivity contribution in [3.05, 3.63) is 89.5 Å². The lowest BCUT2D eigenvalue weighted by Crippen LogP contribution is -2.40. The van der Waals surface area contributed by atoms with E-state index in [1.165, 1.54) is 98.0 Å². The summed E-state index contributed by atoms with van der Waals surface area (Å²) in [6, 6.07) is 27.6. The lowest BCUT2D eigenvalue weighted by molar-refractivity contribution is 0.472. The standard InChI is InChI=1S/C33H46N/c1-5-6-7-8-9-10-11-12-13-14-27-34(31-21-15-28(2)16-22-31,32-23-17-29(3)18-24-32)33-25-19-30(4)20-26-33/h15-26H,5-14,27H2,1-4H3/q+1. The molecule has 0 aliphatic heterocycles. The van der Waals surface area contributed by atoms with Gasteiger partial charge in [0.15, 0.2) is 0 Å². The third-order valence-corrected chi connectivity index (χ3v) is 7.27. The Labute approximate surface area is 209 Å². The second kappa shape index (κ2) is 13.5. The first-order valence-electron chi connectivity index (χ1n) is 13.7. The van der Waals surface area contributed by atoms with Crippen molar-refractivity contribution >= 4 is 17.1 Å². The fraction of sp³-hybridized carbons (Fsp3) is 0.455. The predicted molar refractivity (Wildman–Crippen MR) is 151 cm³/mol. The van der Waals surface area contributed by atoms with Gasteiger partial charge in [-0.25, -0.2) is 4.48 Å². The maximum Gasteiger partial charge on any atom is 0.143 e. The van der Waals surface area contributed by atoms with Crippen molar-refractivity contribution in [2.75, 3.05) is 6.54 Å². The smallest absolute Gasteiger partial charge is 0.143 e. The van der Waals surface area contributed by atoms with Crippen molar-refractivity contribution in [2.24, 2.45) is 0 Å². The minimum atomic E-state index is 0.790. The first-order chi connectivity index (χ1) is 16.6. The SMILES string of the molecule is CCCCCCCCCCCC[N+](c1ccc(C)cc1)(c1ccc(C)cc1)c1ccc(C)cc1. The van der Waals surface area contributed by atoms with E-state index in [1.807, 2.05) is 0 Å². The molecule has 0 aliphatic rings. The van der Waals surface area contributed by atoms with Gasteiger partial charge in [0, 0.05) is 36.4 Å². The van der Waals surface area contributed by atoms with E-state index in [4.69, 9.17) is 0 Å². The van der Waals surface area contributed by atoms with E-state index in [-0.39, 0.29) is 0 Å². The first kappa shape index (κ1) is 26.2. The minimum absolute atomic E-state index is 0.790. The molecular weight excluding hydrogens is 410 g/mol. The molecule has 3 aromatic carbocycles. The van der Waals surface area contributed by atoms with Gasteiger partial charge in [0.05, 0.1) is 6.54 Å². The van der Waals surface area contributed by atoms with E-state index in [2.05, 4.69) is 100 Å². The Morgan fingerprint density at radius 3 is 1.03 bits per heavy atom. The molecule has 0 spiro atoms. The molecule has 0 saturated heterocycles. The number of aryl methyl sites for hydroxylation is 3. The van der Waals surface area contributed by atoms with Gasteiger partial charge in [0.1, 0.15) is 17.1 Å². The van der Waals surface area contributed by atoms with Crippen molar-refractivity contribution in [2.45, 2.75) is 91.9 Å². The van der Waals surface area contributed by atoms with Crippen LogP contribution in [0.15, 0.2) is 72.8 Å². The summed E-state index contributed by atoms with van der Waals surface area (Å²) in [5.41, 5.74) is 8.01. The molecular formula is C33H46N+. The van der Waals surface area contributed by atoms with Crippen LogP contribution >= 0.6 is 0 Å². The molecule has 34 heavy (non-hydrogen) atoms. The average Bonchev–Trinajstić information content (AvgIpc) is 2.85. The van der Waals surface area contributed by atoms with Gasteiger partial charge >= 0.3 is 0 Å². The summed E-state index contributed by atoms with van der Waals surface area (Å²) in [6.07, 6.45) is 13.6. The van der Waals surface area contributed by atoms with Crippen molar-refractivity contribution in [3.8, 4) is 0 Å². The highest BCUT2D eigenvalue weighted by molar-refractivity contribution is 5.71. The summed E-state index contributed by atoms with van der Waals surface area (Å²) in [7, 11) is 0. The van der Waals surface area contributed by atoms with Crippen LogP contribution in [0.5, 0.6) is 0 Å². The fourth-order valence-electron chi connectivity index (χ4n) is 5.07. The van der Waals surface area contributed by atoms with Crippen molar-refractivity contribution in [3.63, 3.8) is 0 Å². The van der Waals surface area contributed by atoms with Gasteiger partial charge < -0.3 is 0 Å². The Morgan fingerprint density at radius 2 is 0.706 bits per heavy atom. The van der Waals surface area contributed by atoms with Crippen LogP contribution in [-0.2, 0) is 0 Å². The Morgan fingerprint density at radius 1 is 0.412 bits per heavy atom. The molecule has 0 atom stereocenters. The average molecular weight is 457 g/mol. The number of hydrogen-bond donors (Lipinski definition) is 0. The van der Waals surface area contributed by atoms with E-state index in [1.54, 1.807) is 0 Å². The molecule has 0 aromatic heterocycles. The van der Waals surface area contributed by atoms with E-state index in [0.29, 0.717) is 0 Å². The fourth-order valence-corrected chi connectivity index (χ4v) is 5.07. The molecule has 3 aromatic rings. The molecule has 3 rings (SSSR count). The summed E-state index contributed by atoms with van der Waals surface area (Å²) in [6.45, 7) is 9.92. The van der Waals surface area contributed by atoms with Crippen molar-refractivity contribution in [1.29, 1.82) is 0 Å². The monoisotopic (exact) mass is 456 g/mol. The van der Waals surface area contributed by atoms with Crippen molar-refractivity contribution in [1.82, 2.24) is 4.48 Å². The third-order valence-electron chi connectivity index (χ3n) is 7.27. The molecule has 1 heteroatoms. The number of unbranched alkanes of at least 4 members (excludes halogenated alkanes) is 9. The molecule has 0 aliphatic carbocycles. The van der Waals surface area contributed by atoms with E-state index >= 15 is 0 Å². The van der Waals surface area contributed by atoms with Crippen LogP contribution in [0.2, 0.25) is 0 Å². The van der Waals surface area contributed by atoms with Crippen LogP contribution in [0.25, 0.3) is 0 Å². The highest BCUT2D eigenvalue weighted by Gasteiger charge is 2.35. The molecule has 0 heterocycles. The van der Waals surface area contributed by atoms with Crippen molar-refractivity contribution < 1.29 is 0 Å². The summed E-state index contributed by atoms with van der Waals surface area (Å²) in [4.78, 5) is 0. The highest BCUT2D eigenvalue weighted by atomic mass is 15.4. The number of hydrogen-bond acceptors (Lipinski definition) is 0. The summed E-state index contributed by atoms with van der Waals surface area (Å²) >= 11 is 0. The van der Waals surface area contributed by atoms with Crippen LogP contribution in [0.1, 0.15) is 87.8 Å². The van der Waals surface area contributed by atoms with Gasteiger partial charge in [0.25, 0.3) is 0 Å². The second-order valence-corrected chi connectivity index (χ2v) is 10.2. The van der Waals surface area contributed by atoms with E-state index < -0.39 is 0 Å². The van der Waals surface area contributed by atoms with Gasteiger partial charge in [0.2, 0.25) is 0 Å². The Hall–Kier alpha value is -2.38. The topological polar surface area (TPSA) is 0 Å². The van der Waals surface area contributed by atoms with Gasteiger partial charge in [-0.05, 0) is 33.6 Å². The summed E-state index contributed by atoms with van der Waals surface area (Å²) in [5, 5.41) is 0. The molecule has 0 bridgehead atoms. The molecule has 0 radical (unpaired) electrons. The minimum Gasteiger partial charge on any atom is -0.227 e. The zero-order valence-electron chi connectivity index (χ0n) is 22.2. The van der Waals surface area contributed by atoms with E-state index in [0.717, 1.165) is 11.0 Å². The number of rotatable bonds is 14. The zero-order valence-corrected chi connectivity index (χ0v) is 22.2. The molecule has 182 valence electrons. The van der Waals surface area contributed by atoms with Gasteiger partial charge in [-0.1, -0.05) is 111 Å². The predicted octanol–water partition coefficient (Wildman–Crippen LogP) is 10.5. The summed E-state index contributed by atoms with van der Waals surface area (Å²) in [5.74, 6) is 0. The number of quaternary nitrogens is 1. The van der Waals surface area contributed by atoms with Crippen LogP contribution in [0.4, 0.5) is 17.1 Å². The maximum absolute atomic E-state index is 2.34. The van der Waals surface area contributed by atoms with E-state index in [9.17, 15) is 0 Å². The lowest BCUT2D eigenvalue weighted by atomic mass is 10.0. The van der Waals surface area contributed by atoms with Crippen LogP contribution in [-0.4, -0.2) is 6.54 Å². The molecule has 0 amide bonds. The maximum atomic E-state index is 2.34. The Balaban J connectivity index is 1.80. The second-order valence-electron chi connectivity index (χ2n) is 10.2. The van der Waals surface area contributed by atoms with Gasteiger partial charge in [-0.15, -0.1) is 0 Å². The number of benzene rings is 3. The molecule has 0 fully saturated rings. The quantitative estimate of drug-likeness (QED) is 0.167. The molecule has 1 nitrogen and oxygen atoms in total. The molecule has 0 N–H and O–H groups in total. The molecule has 0 unspecified atom stereocenters. The highest BCUT2D eigenvalue weighted by Crippen LogP contribution is 2.44. The van der Waals surface area contributed by atoms with Crippen LogP contribution < -0.4 is 4.48 Å². The van der Waals surface area contributed by atoms with Crippen LogP contribution in [0.3, 0.4) is 0 Å². The number of nitrogens with zero attached hydrogens (tertiary/aromatic N) is 1. The Bertz CT molecular complexity index is 840. The van der Waals surface area contributed by atoms with Gasteiger partial charge in [-0.3, -0.25) is 0 Å². The Kier molecular flexibility index (Phi) is 10.4. The first-order valence-corrected chi connectivity index (χ1v) is 13.7. The van der Waals surface area contributed by atoms with Gasteiger partial charge in [-0.2, -0.15) is 0 Å². The molecule has 0 saturated carbocycles. The third kappa shape index (κ3) is 7.06. The summed E-state index contributed by atoms with van der Waals surface area (Å²) < 4.78 is 0.790. The normalized spacial score (nSPS) is 11.6. The largest absolute Gasteiger partial charge is 0.227 e. The zero-order chi connectivity index (χ0) is 24.2.